The molecule has 1 fully saturated rings. The summed E-state index contributed by atoms with van der Waals surface area (Å²) in [6, 6.07) is 5.84. The highest BCUT2D eigenvalue weighted by Crippen LogP contribution is 2.25. The molecule has 2 unspecified atom stereocenters. The van der Waals surface area contributed by atoms with E-state index in [-0.39, 0.29) is 49.4 Å². The Morgan fingerprint density at radius 3 is 2.74 bits per heavy atom. The molecule has 23 heavy (non-hydrogen) atoms. The normalized spacial score (nSPS) is 18.0. The van der Waals surface area contributed by atoms with Crippen LogP contribution in [0.5, 0.6) is 0 Å². The number of rotatable bonds is 3. The van der Waals surface area contributed by atoms with Crippen molar-refractivity contribution in [2.24, 2.45) is 0 Å². The van der Waals surface area contributed by atoms with E-state index in [1.54, 1.807) is 6.20 Å². The van der Waals surface area contributed by atoms with Crippen molar-refractivity contribution >= 4 is 42.9 Å². The van der Waals surface area contributed by atoms with E-state index in [1.165, 1.54) is 0 Å². The monoisotopic (exact) mass is 381 g/mol. The number of nitrogens with two attached hydrogens (primary N) is 1. The van der Waals surface area contributed by atoms with Gasteiger partial charge in [-0.3, -0.25) is 9.67 Å². The van der Waals surface area contributed by atoms with Crippen molar-refractivity contribution in [2.75, 3.05) is 25.4 Å². The predicted molar refractivity (Wildman–Crippen MR) is 98.9 cm³/mol. The van der Waals surface area contributed by atoms with Gasteiger partial charge in [-0.2, -0.15) is 5.10 Å². The second kappa shape index (κ2) is 9.95. The van der Waals surface area contributed by atoms with Crippen LogP contribution in [-0.2, 0) is 4.74 Å². The fraction of sp³-hybridized carbons (Fsp3) is 0.429. The minimum absolute atomic E-state index is 0. The minimum atomic E-state index is 0. The third-order valence-electron chi connectivity index (χ3n) is 3.58. The predicted octanol–water partition coefficient (Wildman–Crippen LogP) is 2.34. The number of nitrogen functional groups attached to an aromatic ring is 1. The summed E-state index contributed by atoms with van der Waals surface area (Å²) in [7, 11) is 0. The summed E-state index contributed by atoms with van der Waals surface area (Å²) in [6.07, 6.45) is 3.71. The number of ether oxygens (including phenoxy) is 1. The van der Waals surface area contributed by atoms with Gasteiger partial charge >= 0.3 is 0 Å². The van der Waals surface area contributed by atoms with Gasteiger partial charge in [0.05, 0.1) is 30.1 Å². The van der Waals surface area contributed by atoms with Crippen molar-refractivity contribution in [3.63, 3.8) is 0 Å². The fourth-order valence-corrected chi connectivity index (χ4v) is 2.38. The van der Waals surface area contributed by atoms with Crippen molar-refractivity contribution in [3.8, 4) is 11.4 Å². The van der Waals surface area contributed by atoms with Gasteiger partial charge in [0.2, 0.25) is 0 Å². The van der Waals surface area contributed by atoms with Gasteiger partial charge in [0.15, 0.2) is 0 Å². The molecule has 3 heterocycles. The Balaban J connectivity index is 0.00000161. The molecule has 6 nitrogen and oxygen atoms in total. The standard InChI is InChI=1S/C14H19N5O.3ClH/c1-10(13-8-16-6-7-20-13)19-9-11(15)14(18-19)12-4-2-3-5-17-12;;;/h2-5,9-10,13,16H,6-8,15H2,1H3;3*1H. The summed E-state index contributed by atoms with van der Waals surface area (Å²) in [4.78, 5) is 4.30. The Hall–Kier alpha value is -1.05. The number of nitrogens with one attached hydrogen (secondary N) is 1. The van der Waals surface area contributed by atoms with Gasteiger partial charge in [0, 0.05) is 25.5 Å². The lowest BCUT2D eigenvalue weighted by atomic mass is 10.1. The van der Waals surface area contributed by atoms with Crippen molar-refractivity contribution in [3.05, 3.63) is 30.6 Å². The molecule has 0 radical (unpaired) electrons. The number of nitrogens with zero attached hydrogens (tertiary/aromatic N) is 3. The summed E-state index contributed by atoms with van der Waals surface area (Å²) in [5.41, 5.74) is 8.21. The first-order valence-corrected chi connectivity index (χ1v) is 6.84. The largest absolute Gasteiger partial charge is 0.396 e. The Morgan fingerprint density at radius 2 is 2.13 bits per heavy atom. The van der Waals surface area contributed by atoms with Gasteiger partial charge in [-0.25, -0.2) is 0 Å². The number of aromatic nitrogens is 3. The lowest BCUT2D eigenvalue weighted by Gasteiger charge is -2.28. The lowest BCUT2D eigenvalue weighted by molar-refractivity contribution is -0.00313. The molecule has 1 aliphatic rings. The van der Waals surface area contributed by atoms with E-state index in [0.29, 0.717) is 5.69 Å². The average molecular weight is 383 g/mol. The van der Waals surface area contributed by atoms with Crippen molar-refractivity contribution in [2.45, 2.75) is 19.1 Å². The van der Waals surface area contributed by atoms with Gasteiger partial charge < -0.3 is 15.8 Å². The summed E-state index contributed by atoms with van der Waals surface area (Å²) in [6.45, 7) is 4.56. The SMILES string of the molecule is CC(C1CNCCO1)n1cc(N)c(-c2ccccn2)n1.Cl.Cl.Cl. The van der Waals surface area contributed by atoms with Gasteiger partial charge in [-0.05, 0) is 19.1 Å². The molecule has 2 atom stereocenters. The Labute approximate surface area is 154 Å². The van der Waals surface area contributed by atoms with Crippen LogP contribution in [0.4, 0.5) is 5.69 Å². The maximum absolute atomic E-state index is 6.06. The van der Waals surface area contributed by atoms with E-state index in [9.17, 15) is 0 Å². The van der Waals surface area contributed by atoms with Crippen LogP contribution in [0.25, 0.3) is 11.4 Å². The number of morpholine rings is 1. The molecular formula is C14H22Cl3N5O. The zero-order chi connectivity index (χ0) is 13.9. The van der Waals surface area contributed by atoms with Crippen LogP contribution in [0.2, 0.25) is 0 Å². The highest BCUT2D eigenvalue weighted by molar-refractivity contribution is 5.86. The van der Waals surface area contributed by atoms with Gasteiger partial charge in [-0.15, -0.1) is 37.2 Å². The van der Waals surface area contributed by atoms with Crippen molar-refractivity contribution < 1.29 is 4.74 Å². The van der Waals surface area contributed by atoms with Gasteiger partial charge in [0.1, 0.15) is 5.69 Å². The third kappa shape index (κ3) is 4.96. The first-order valence-electron chi connectivity index (χ1n) is 6.84. The maximum atomic E-state index is 6.06. The number of anilines is 1. The maximum Gasteiger partial charge on any atom is 0.134 e. The summed E-state index contributed by atoms with van der Waals surface area (Å²) in [5.74, 6) is 0. The van der Waals surface area contributed by atoms with Crippen molar-refractivity contribution in [1.82, 2.24) is 20.1 Å². The summed E-state index contributed by atoms with van der Waals surface area (Å²) < 4.78 is 7.64. The first-order chi connectivity index (χ1) is 9.75. The smallest absolute Gasteiger partial charge is 0.134 e. The molecule has 3 N–H and O–H groups in total. The van der Waals surface area contributed by atoms with Crippen molar-refractivity contribution in [1.29, 1.82) is 0 Å². The summed E-state index contributed by atoms with van der Waals surface area (Å²) >= 11 is 0. The van der Waals surface area contributed by atoms with E-state index >= 15 is 0 Å². The molecular weight excluding hydrogens is 361 g/mol. The topological polar surface area (TPSA) is 78.0 Å². The zero-order valence-corrected chi connectivity index (χ0v) is 15.2. The molecule has 9 heteroatoms. The first kappa shape index (κ1) is 21.9. The average Bonchev–Trinajstić information content (AvgIpc) is 2.90. The molecule has 130 valence electrons. The van der Waals surface area contributed by atoms with Crippen LogP contribution in [0, 0.1) is 0 Å². The van der Waals surface area contributed by atoms with E-state index < -0.39 is 0 Å². The van der Waals surface area contributed by atoms with Crippen LogP contribution in [0.1, 0.15) is 13.0 Å². The van der Waals surface area contributed by atoms with E-state index in [1.807, 2.05) is 29.1 Å². The molecule has 2 aromatic heterocycles. The van der Waals surface area contributed by atoms with Crippen LogP contribution in [0.3, 0.4) is 0 Å². The highest BCUT2D eigenvalue weighted by Gasteiger charge is 2.23. The number of pyridine rings is 1. The number of halogens is 3. The molecule has 0 aliphatic carbocycles. The molecule has 0 amide bonds. The molecule has 3 rings (SSSR count). The molecule has 0 bridgehead atoms. The molecule has 1 aliphatic heterocycles. The van der Waals surface area contributed by atoms with Crippen LogP contribution >= 0.6 is 37.2 Å². The van der Waals surface area contributed by atoms with Gasteiger partial charge in [-0.1, -0.05) is 6.07 Å². The number of hydrogen-bond acceptors (Lipinski definition) is 5. The Bertz CT molecular complexity index is 575. The highest BCUT2D eigenvalue weighted by atomic mass is 35.5. The fourth-order valence-electron chi connectivity index (χ4n) is 2.38. The third-order valence-corrected chi connectivity index (χ3v) is 3.58. The minimum Gasteiger partial charge on any atom is -0.396 e. The number of hydrogen-bond donors (Lipinski definition) is 2. The lowest BCUT2D eigenvalue weighted by Crippen LogP contribution is -2.42. The quantitative estimate of drug-likeness (QED) is 0.852. The van der Waals surface area contributed by atoms with Crippen LogP contribution in [0.15, 0.2) is 30.6 Å². The second-order valence-electron chi connectivity index (χ2n) is 4.98. The summed E-state index contributed by atoms with van der Waals surface area (Å²) in [5, 5.41) is 7.91. The zero-order valence-electron chi connectivity index (χ0n) is 12.7. The Morgan fingerprint density at radius 1 is 1.35 bits per heavy atom. The molecule has 0 aromatic carbocycles. The van der Waals surface area contributed by atoms with E-state index in [2.05, 4.69) is 22.3 Å². The Kier molecular flexibility index (Phi) is 9.49. The molecule has 1 saturated heterocycles. The second-order valence-corrected chi connectivity index (χ2v) is 4.98. The van der Waals surface area contributed by atoms with Crippen LogP contribution < -0.4 is 11.1 Å². The molecule has 2 aromatic rings. The molecule has 0 saturated carbocycles. The van der Waals surface area contributed by atoms with E-state index in [4.69, 9.17) is 10.5 Å². The molecule has 0 spiro atoms. The van der Waals surface area contributed by atoms with Gasteiger partial charge in [0.25, 0.3) is 0 Å². The van der Waals surface area contributed by atoms with E-state index in [0.717, 1.165) is 31.1 Å². The van der Waals surface area contributed by atoms with Crippen LogP contribution in [-0.4, -0.2) is 40.6 Å².